The third-order valence-corrected chi connectivity index (χ3v) is 3.76. The highest BCUT2D eigenvalue weighted by molar-refractivity contribution is 5.79. The van der Waals surface area contributed by atoms with Gasteiger partial charge in [0.15, 0.2) is 5.96 Å². The quantitative estimate of drug-likeness (QED) is 0.482. The number of benzene rings is 2. The summed E-state index contributed by atoms with van der Waals surface area (Å²) in [5.74, 6) is 1.83. The Morgan fingerprint density at radius 2 is 1.71 bits per heavy atom. The van der Waals surface area contributed by atoms with Gasteiger partial charge >= 0.3 is 0 Å². The van der Waals surface area contributed by atoms with Crippen molar-refractivity contribution >= 4 is 5.96 Å². The van der Waals surface area contributed by atoms with Crippen molar-refractivity contribution in [3.05, 3.63) is 65.7 Å². The van der Waals surface area contributed by atoms with Gasteiger partial charge in [-0.05, 0) is 36.1 Å². The Hall–Kier alpha value is -2.49. The monoisotopic (exact) mass is 325 g/mol. The van der Waals surface area contributed by atoms with Crippen LogP contribution in [0.3, 0.4) is 0 Å². The average Bonchev–Trinajstić information content (AvgIpc) is 2.62. The normalized spacial score (nSPS) is 11.2. The van der Waals surface area contributed by atoms with Crippen LogP contribution in [0.25, 0.3) is 0 Å². The van der Waals surface area contributed by atoms with Gasteiger partial charge in [0.05, 0.1) is 13.7 Å². The summed E-state index contributed by atoms with van der Waals surface area (Å²) in [6.07, 6.45) is 2.10. The first-order chi connectivity index (χ1) is 11.7. The lowest BCUT2D eigenvalue weighted by Crippen LogP contribution is -2.37. The van der Waals surface area contributed by atoms with Gasteiger partial charge < -0.3 is 15.0 Å². The predicted molar refractivity (Wildman–Crippen MR) is 101 cm³/mol. The topological polar surface area (TPSA) is 36.9 Å². The van der Waals surface area contributed by atoms with Crippen molar-refractivity contribution in [2.45, 2.75) is 19.4 Å². The average molecular weight is 325 g/mol. The summed E-state index contributed by atoms with van der Waals surface area (Å²) >= 11 is 0. The molecule has 0 bridgehead atoms. The van der Waals surface area contributed by atoms with Crippen LogP contribution < -0.4 is 10.1 Å². The Labute approximate surface area is 145 Å². The Morgan fingerprint density at radius 3 is 2.33 bits per heavy atom. The number of nitrogens with zero attached hydrogens (tertiary/aromatic N) is 2. The SMILES string of the molecule is COc1ccc(CCCNC(=NCc2ccccc2)N(C)C)cc1. The van der Waals surface area contributed by atoms with Crippen LogP contribution in [0.1, 0.15) is 17.5 Å². The van der Waals surface area contributed by atoms with Crippen LogP contribution >= 0.6 is 0 Å². The molecular formula is C20H27N3O. The second-order valence-electron chi connectivity index (χ2n) is 5.90. The second kappa shape index (κ2) is 9.60. The molecule has 0 unspecified atom stereocenters. The molecule has 0 saturated carbocycles. The molecule has 0 fully saturated rings. The van der Waals surface area contributed by atoms with Gasteiger partial charge in [-0.25, -0.2) is 4.99 Å². The van der Waals surface area contributed by atoms with Crippen LogP contribution in [-0.4, -0.2) is 38.6 Å². The fraction of sp³-hybridized carbons (Fsp3) is 0.350. The van der Waals surface area contributed by atoms with Crippen LogP contribution in [0.4, 0.5) is 0 Å². The van der Waals surface area contributed by atoms with E-state index in [9.17, 15) is 0 Å². The zero-order valence-corrected chi connectivity index (χ0v) is 14.8. The van der Waals surface area contributed by atoms with Crippen LogP contribution in [0.5, 0.6) is 5.75 Å². The lowest BCUT2D eigenvalue weighted by molar-refractivity contribution is 0.414. The summed E-state index contributed by atoms with van der Waals surface area (Å²) in [5, 5.41) is 3.43. The molecule has 1 N–H and O–H groups in total. The largest absolute Gasteiger partial charge is 0.497 e. The second-order valence-corrected chi connectivity index (χ2v) is 5.90. The van der Waals surface area contributed by atoms with Crippen molar-refractivity contribution in [1.82, 2.24) is 10.2 Å². The predicted octanol–water partition coefficient (Wildman–Crippen LogP) is 3.34. The highest BCUT2D eigenvalue weighted by atomic mass is 16.5. The summed E-state index contributed by atoms with van der Waals surface area (Å²) in [7, 11) is 5.72. The molecule has 0 aromatic heterocycles. The maximum absolute atomic E-state index is 5.18. The van der Waals surface area contributed by atoms with Crippen molar-refractivity contribution in [2.24, 2.45) is 4.99 Å². The molecule has 0 saturated heterocycles. The molecule has 0 aliphatic heterocycles. The van der Waals surface area contributed by atoms with Gasteiger partial charge in [0.25, 0.3) is 0 Å². The van der Waals surface area contributed by atoms with E-state index in [2.05, 4.69) is 34.6 Å². The van der Waals surface area contributed by atoms with Gasteiger partial charge in [0, 0.05) is 20.6 Å². The molecule has 2 aromatic carbocycles. The third kappa shape index (κ3) is 5.95. The summed E-state index contributed by atoms with van der Waals surface area (Å²) in [4.78, 5) is 6.70. The third-order valence-electron chi connectivity index (χ3n) is 3.76. The van der Waals surface area contributed by atoms with Crippen molar-refractivity contribution in [1.29, 1.82) is 0 Å². The molecule has 128 valence electrons. The number of nitrogens with one attached hydrogen (secondary N) is 1. The van der Waals surface area contributed by atoms with E-state index in [-0.39, 0.29) is 0 Å². The fourth-order valence-electron chi connectivity index (χ4n) is 2.39. The molecule has 0 radical (unpaired) electrons. The fourth-order valence-corrected chi connectivity index (χ4v) is 2.39. The zero-order valence-electron chi connectivity index (χ0n) is 14.8. The molecule has 0 heterocycles. The van der Waals surface area contributed by atoms with Gasteiger partial charge in [-0.3, -0.25) is 0 Å². The number of hydrogen-bond donors (Lipinski definition) is 1. The molecule has 4 nitrogen and oxygen atoms in total. The van der Waals surface area contributed by atoms with E-state index in [0.717, 1.165) is 31.1 Å². The molecule has 0 aliphatic rings. The van der Waals surface area contributed by atoms with Gasteiger partial charge in [0.1, 0.15) is 5.75 Å². The van der Waals surface area contributed by atoms with Gasteiger partial charge in [0.2, 0.25) is 0 Å². The van der Waals surface area contributed by atoms with E-state index in [4.69, 9.17) is 4.74 Å². The number of methoxy groups -OCH3 is 1. The summed E-state index contributed by atoms with van der Waals surface area (Å²) in [6.45, 7) is 1.59. The molecule has 2 aromatic rings. The summed E-state index contributed by atoms with van der Waals surface area (Å²) in [6, 6.07) is 18.6. The number of ether oxygens (including phenoxy) is 1. The van der Waals surface area contributed by atoms with Gasteiger partial charge in [-0.2, -0.15) is 0 Å². The van der Waals surface area contributed by atoms with Gasteiger partial charge in [-0.1, -0.05) is 42.5 Å². The number of aliphatic imine (C=N–C) groups is 1. The summed E-state index contributed by atoms with van der Waals surface area (Å²) in [5.41, 5.74) is 2.54. The Kier molecular flexibility index (Phi) is 7.15. The van der Waals surface area contributed by atoms with Crippen molar-refractivity contribution in [2.75, 3.05) is 27.7 Å². The molecule has 24 heavy (non-hydrogen) atoms. The highest BCUT2D eigenvalue weighted by Crippen LogP contribution is 2.12. The zero-order chi connectivity index (χ0) is 17.2. The van der Waals surface area contributed by atoms with E-state index >= 15 is 0 Å². The number of aryl methyl sites for hydroxylation is 1. The Morgan fingerprint density at radius 1 is 1.00 bits per heavy atom. The lowest BCUT2D eigenvalue weighted by Gasteiger charge is -2.17. The Bertz CT molecular complexity index is 621. The lowest BCUT2D eigenvalue weighted by atomic mass is 10.1. The number of rotatable bonds is 7. The van der Waals surface area contributed by atoms with E-state index < -0.39 is 0 Å². The summed E-state index contributed by atoms with van der Waals surface area (Å²) < 4.78 is 5.18. The number of hydrogen-bond acceptors (Lipinski definition) is 2. The molecule has 0 amide bonds. The smallest absolute Gasteiger partial charge is 0.193 e. The molecule has 0 atom stereocenters. The minimum Gasteiger partial charge on any atom is -0.497 e. The van der Waals surface area contributed by atoms with E-state index in [1.807, 2.05) is 49.3 Å². The van der Waals surface area contributed by atoms with Crippen LogP contribution in [0.2, 0.25) is 0 Å². The molecular weight excluding hydrogens is 298 g/mol. The van der Waals surface area contributed by atoms with Crippen molar-refractivity contribution in [3.8, 4) is 5.75 Å². The standard InChI is InChI=1S/C20H27N3O/c1-23(2)20(22-16-18-8-5-4-6-9-18)21-15-7-10-17-11-13-19(24-3)14-12-17/h4-6,8-9,11-14H,7,10,15-16H2,1-3H3,(H,21,22). The van der Waals surface area contributed by atoms with Crippen molar-refractivity contribution in [3.63, 3.8) is 0 Å². The van der Waals surface area contributed by atoms with Crippen molar-refractivity contribution < 1.29 is 4.74 Å². The Balaban J connectivity index is 1.78. The maximum Gasteiger partial charge on any atom is 0.193 e. The van der Waals surface area contributed by atoms with E-state index in [1.54, 1.807) is 7.11 Å². The van der Waals surface area contributed by atoms with E-state index in [0.29, 0.717) is 6.54 Å². The first kappa shape index (κ1) is 17.9. The molecule has 0 spiro atoms. The highest BCUT2D eigenvalue weighted by Gasteiger charge is 2.01. The first-order valence-corrected chi connectivity index (χ1v) is 8.31. The maximum atomic E-state index is 5.18. The molecule has 4 heteroatoms. The minimum atomic E-state index is 0.694. The van der Waals surface area contributed by atoms with Gasteiger partial charge in [-0.15, -0.1) is 0 Å². The van der Waals surface area contributed by atoms with Crippen LogP contribution in [0, 0.1) is 0 Å². The number of guanidine groups is 1. The molecule has 2 rings (SSSR count). The van der Waals surface area contributed by atoms with Crippen LogP contribution in [0.15, 0.2) is 59.6 Å². The minimum absolute atomic E-state index is 0.694. The van der Waals surface area contributed by atoms with Crippen LogP contribution in [-0.2, 0) is 13.0 Å². The van der Waals surface area contributed by atoms with E-state index in [1.165, 1.54) is 11.1 Å². The first-order valence-electron chi connectivity index (χ1n) is 8.31. The molecule has 0 aliphatic carbocycles.